The monoisotopic (exact) mass is 267 g/mol. The molecule has 1 aliphatic rings. The standard InChI is InChI=1S/C14H21NO2S/c1-10-5-7-18-14(10)11(2)15-6-3-4-12(9-15)8-13(16)17/h5,7,11-12H,3-4,6,8-9H2,1-2H3,(H,16,17). The van der Waals surface area contributed by atoms with Gasteiger partial charge >= 0.3 is 5.97 Å². The lowest BCUT2D eigenvalue weighted by Gasteiger charge is -2.36. The van der Waals surface area contributed by atoms with E-state index in [4.69, 9.17) is 5.11 Å². The first-order valence-electron chi connectivity index (χ1n) is 6.57. The molecular weight excluding hydrogens is 246 g/mol. The van der Waals surface area contributed by atoms with Crippen LogP contribution in [-0.4, -0.2) is 29.1 Å². The van der Waals surface area contributed by atoms with Crippen LogP contribution in [0.25, 0.3) is 0 Å². The van der Waals surface area contributed by atoms with Crippen molar-refractivity contribution < 1.29 is 9.90 Å². The highest BCUT2D eigenvalue weighted by molar-refractivity contribution is 7.10. The Labute approximate surface area is 112 Å². The van der Waals surface area contributed by atoms with Gasteiger partial charge in [-0.3, -0.25) is 9.69 Å². The van der Waals surface area contributed by atoms with Gasteiger partial charge in [-0.25, -0.2) is 0 Å². The molecule has 2 unspecified atom stereocenters. The van der Waals surface area contributed by atoms with E-state index >= 15 is 0 Å². The minimum Gasteiger partial charge on any atom is -0.481 e. The largest absolute Gasteiger partial charge is 0.481 e. The van der Waals surface area contributed by atoms with E-state index in [1.807, 2.05) is 11.3 Å². The maximum atomic E-state index is 10.8. The molecule has 1 aromatic rings. The van der Waals surface area contributed by atoms with Gasteiger partial charge in [-0.1, -0.05) is 0 Å². The molecule has 2 atom stereocenters. The molecule has 0 amide bonds. The van der Waals surface area contributed by atoms with Crippen molar-refractivity contribution in [1.29, 1.82) is 0 Å². The molecule has 1 N–H and O–H groups in total. The third-order valence-electron chi connectivity index (χ3n) is 3.84. The molecule has 1 aromatic heterocycles. The van der Waals surface area contributed by atoms with Gasteiger partial charge in [-0.2, -0.15) is 0 Å². The van der Waals surface area contributed by atoms with Crippen molar-refractivity contribution in [3.63, 3.8) is 0 Å². The Bertz CT molecular complexity index is 416. The summed E-state index contributed by atoms with van der Waals surface area (Å²) >= 11 is 1.81. The highest BCUT2D eigenvalue weighted by Crippen LogP contribution is 2.32. The molecule has 0 spiro atoms. The number of aliphatic carboxylic acids is 1. The second-order valence-corrected chi connectivity index (χ2v) is 6.19. The molecule has 1 fully saturated rings. The van der Waals surface area contributed by atoms with E-state index in [0.717, 1.165) is 25.9 Å². The van der Waals surface area contributed by atoms with E-state index in [0.29, 0.717) is 18.4 Å². The average Bonchev–Trinajstić information content (AvgIpc) is 2.74. The van der Waals surface area contributed by atoms with E-state index in [1.54, 1.807) is 0 Å². The third-order valence-corrected chi connectivity index (χ3v) is 5.03. The van der Waals surface area contributed by atoms with E-state index in [1.165, 1.54) is 10.4 Å². The van der Waals surface area contributed by atoms with Crippen LogP contribution in [0.3, 0.4) is 0 Å². The normalized spacial score (nSPS) is 22.9. The Hall–Kier alpha value is -0.870. The van der Waals surface area contributed by atoms with Crippen molar-refractivity contribution in [1.82, 2.24) is 4.90 Å². The number of piperidine rings is 1. The van der Waals surface area contributed by atoms with E-state index in [-0.39, 0.29) is 0 Å². The van der Waals surface area contributed by atoms with Crippen LogP contribution in [-0.2, 0) is 4.79 Å². The number of thiophene rings is 1. The molecule has 2 rings (SSSR count). The first-order valence-corrected chi connectivity index (χ1v) is 7.45. The number of carboxylic acids is 1. The molecule has 1 saturated heterocycles. The minimum atomic E-state index is -0.665. The highest BCUT2D eigenvalue weighted by Gasteiger charge is 2.26. The summed E-state index contributed by atoms with van der Waals surface area (Å²) in [6, 6.07) is 2.58. The maximum Gasteiger partial charge on any atom is 0.303 e. The predicted molar refractivity (Wildman–Crippen MR) is 74.0 cm³/mol. The van der Waals surface area contributed by atoms with Crippen molar-refractivity contribution >= 4 is 17.3 Å². The Morgan fingerprint density at radius 2 is 2.44 bits per heavy atom. The van der Waals surface area contributed by atoms with Gasteiger partial charge in [0, 0.05) is 23.9 Å². The number of nitrogens with zero attached hydrogens (tertiary/aromatic N) is 1. The molecule has 100 valence electrons. The second kappa shape index (κ2) is 5.85. The SMILES string of the molecule is Cc1ccsc1C(C)N1CCCC(CC(=O)O)C1. The van der Waals surface area contributed by atoms with Gasteiger partial charge < -0.3 is 5.11 Å². The summed E-state index contributed by atoms with van der Waals surface area (Å²) in [5, 5.41) is 11.0. The zero-order valence-electron chi connectivity index (χ0n) is 11.1. The Balaban J connectivity index is 2.00. The fourth-order valence-corrected chi connectivity index (χ4v) is 3.86. The lowest BCUT2D eigenvalue weighted by molar-refractivity contribution is -0.138. The number of rotatable bonds is 4. The summed E-state index contributed by atoms with van der Waals surface area (Å²) in [4.78, 5) is 14.7. The van der Waals surface area contributed by atoms with E-state index in [2.05, 4.69) is 30.2 Å². The summed E-state index contributed by atoms with van der Waals surface area (Å²) in [6.07, 6.45) is 2.48. The minimum absolute atomic E-state index is 0.312. The summed E-state index contributed by atoms with van der Waals surface area (Å²) in [7, 11) is 0. The molecule has 0 aliphatic carbocycles. The summed E-state index contributed by atoms with van der Waals surface area (Å²) < 4.78 is 0. The van der Waals surface area contributed by atoms with Crippen molar-refractivity contribution in [3.05, 3.63) is 21.9 Å². The molecule has 0 aromatic carbocycles. The van der Waals surface area contributed by atoms with Crippen molar-refractivity contribution in [2.75, 3.05) is 13.1 Å². The number of aryl methyl sites for hydroxylation is 1. The summed E-state index contributed by atoms with van der Waals surface area (Å²) in [6.45, 7) is 6.41. The number of carboxylic acid groups (broad SMARTS) is 1. The lowest BCUT2D eigenvalue weighted by atomic mass is 9.93. The van der Waals surface area contributed by atoms with Crippen LogP contribution in [0.1, 0.15) is 42.7 Å². The fraction of sp³-hybridized carbons (Fsp3) is 0.643. The van der Waals surface area contributed by atoms with Crippen LogP contribution in [0, 0.1) is 12.8 Å². The van der Waals surface area contributed by atoms with Gasteiger partial charge in [0.2, 0.25) is 0 Å². The Morgan fingerprint density at radius 1 is 1.67 bits per heavy atom. The van der Waals surface area contributed by atoms with Gasteiger partial charge in [0.05, 0.1) is 0 Å². The average molecular weight is 267 g/mol. The van der Waals surface area contributed by atoms with Crippen molar-refractivity contribution in [3.8, 4) is 0 Å². The Kier molecular flexibility index (Phi) is 4.40. The Morgan fingerprint density at radius 3 is 3.06 bits per heavy atom. The van der Waals surface area contributed by atoms with Crippen molar-refractivity contribution in [2.24, 2.45) is 5.92 Å². The van der Waals surface area contributed by atoms with E-state index < -0.39 is 5.97 Å². The predicted octanol–water partition coefficient (Wildman–Crippen LogP) is 3.30. The molecule has 3 nitrogen and oxygen atoms in total. The molecular formula is C14H21NO2S. The molecule has 2 heterocycles. The summed E-state index contributed by atoms with van der Waals surface area (Å²) in [5.74, 6) is -0.347. The van der Waals surface area contributed by atoms with Gasteiger partial charge in [-0.15, -0.1) is 11.3 Å². The van der Waals surface area contributed by atoms with Gasteiger partial charge in [0.1, 0.15) is 0 Å². The quantitative estimate of drug-likeness (QED) is 0.910. The number of carbonyl (C=O) groups is 1. The van der Waals surface area contributed by atoms with Gasteiger partial charge in [-0.05, 0) is 56.2 Å². The van der Waals surface area contributed by atoms with Crippen LogP contribution < -0.4 is 0 Å². The molecule has 18 heavy (non-hydrogen) atoms. The summed E-state index contributed by atoms with van der Waals surface area (Å²) in [5.41, 5.74) is 1.35. The topological polar surface area (TPSA) is 40.5 Å². The molecule has 0 radical (unpaired) electrons. The van der Waals surface area contributed by atoms with Crippen LogP contribution in [0.4, 0.5) is 0 Å². The molecule has 4 heteroatoms. The van der Waals surface area contributed by atoms with E-state index in [9.17, 15) is 4.79 Å². The first kappa shape index (κ1) is 13.6. The van der Waals surface area contributed by atoms with Crippen LogP contribution in [0.2, 0.25) is 0 Å². The number of hydrogen-bond acceptors (Lipinski definition) is 3. The molecule has 1 aliphatic heterocycles. The molecule has 0 bridgehead atoms. The number of likely N-dealkylation sites (tertiary alicyclic amines) is 1. The van der Waals surface area contributed by atoms with Gasteiger partial charge in [0.15, 0.2) is 0 Å². The lowest BCUT2D eigenvalue weighted by Crippen LogP contribution is -2.37. The highest BCUT2D eigenvalue weighted by atomic mass is 32.1. The third kappa shape index (κ3) is 3.12. The zero-order valence-corrected chi connectivity index (χ0v) is 11.9. The maximum absolute atomic E-state index is 10.8. The first-order chi connectivity index (χ1) is 8.58. The van der Waals surface area contributed by atoms with Crippen LogP contribution >= 0.6 is 11.3 Å². The van der Waals surface area contributed by atoms with Crippen LogP contribution in [0.15, 0.2) is 11.4 Å². The van der Waals surface area contributed by atoms with Crippen molar-refractivity contribution in [2.45, 2.75) is 39.2 Å². The smallest absolute Gasteiger partial charge is 0.303 e. The zero-order chi connectivity index (χ0) is 13.1. The fourth-order valence-electron chi connectivity index (χ4n) is 2.84. The van der Waals surface area contributed by atoms with Crippen LogP contribution in [0.5, 0.6) is 0 Å². The molecule has 0 saturated carbocycles. The van der Waals surface area contributed by atoms with Gasteiger partial charge in [0.25, 0.3) is 0 Å². The number of hydrogen-bond donors (Lipinski definition) is 1. The second-order valence-electron chi connectivity index (χ2n) is 5.24.